The van der Waals surface area contributed by atoms with Crippen LogP contribution < -0.4 is 10.6 Å². The van der Waals surface area contributed by atoms with E-state index < -0.39 is 36.6 Å². The number of nitrogens with zero attached hydrogens (tertiary/aromatic N) is 1. The van der Waals surface area contributed by atoms with Gasteiger partial charge in [-0.2, -0.15) is 13.2 Å². The molecule has 0 saturated carbocycles. The number of hydrogen-bond acceptors (Lipinski definition) is 3. The summed E-state index contributed by atoms with van der Waals surface area (Å²) in [7, 11) is 0. The summed E-state index contributed by atoms with van der Waals surface area (Å²) in [6.07, 6.45) is -4.70. The lowest BCUT2D eigenvalue weighted by Crippen LogP contribution is -2.45. The summed E-state index contributed by atoms with van der Waals surface area (Å²) >= 11 is 0. The third-order valence-corrected chi connectivity index (χ3v) is 3.00. The summed E-state index contributed by atoms with van der Waals surface area (Å²) in [5.74, 6) is -1.74. The zero-order valence-corrected chi connectivity index (χ0v) is 11.2. The number of carbonyl (C=O) groups is 3. The molecule has 1 atom stereocenters. The molecule has 0 radical (unpaired) electrons. The number of nitrogens with one attached hydrogen (secondary N) is 2. The molecule has 0 aliphatic carbocycles. The number of carbonyl (C=O) groups excluding carboxylic acids is 3. The molecule has 1 aromatic carbocycles. The summed E-state index contributed by atoms with van der Waals surface area (Å²) in [5, 5.41) is 3.98. The number of alkyl halides is 3. The molecule has 22 heavy (non-hydrogen) atoms. The fourth-order valence-electron chi connectivity index (χ4n) is 1.97. The van der Waals surface area contributed by atoms with Gasteiger partial charge in [0, 0.05) is 0 Å². The Labute approximate surface area is 123 Å². The molecule has 1 aliphatic heterocycles. The van der Waals surface area contributed by atoms with Crippen LogP contribution >= 0.6 is 0 Å². The molecule has 0 spiro atoms. The van der Waals surface area contributed by atoms with Gasteiger partial charge in [0.05, 0.1) is 6.54 Å². The Hall–Kier alpha value is -2.58. The van der Waals surface area contributed by atoms with Gasteiger partial charge in [0.1, 0.15) is 6.54 Å². The van der Waals surface area contributed by atoms with Crippen LogP contribution in [-0.4, -0.2) is 42.0 Å². The van der Waals surface area contributed by atoms with Gasteiger partial charge in [-0.3, -0.25) is 14.5 Å². The topological polar surface area (TPSA) is 78.5 Å². The van der Waals surface area contributed by atoms with Gasteiger partial charge in [-0.15, -0.1) is 0 Å². The average Bonchev–Trinajstić information content (AvgIpc) is 2.76. The lowest BCUT2D eigenvalue weighted by Gasteiger charge is -2.23. The van der Waals surface area contributed by atoms with Gasteiger partial charge in [0.2, 0.25) is 5.91 Å². The molecular weight excluding hydrogens is 303 g/mol. The fourth-order valence-corrected chi connectivity index (χ4v) is 1.97. The first-order valence-corrected chi connectivity index (χ1v) is 6.28. The van der Waals surface area contributed by atoms with Crippen LogP contribution in [0.4, 0.5) is 18.0 Å². The molecule has 2 N–H and O–H groups in total. The van der Waals surface area contributed by atoms with Crippen molar-refractivity contribution in [2.75, 3.05) is 13.1 Å². The highest BCUT2D eigenvalue weighted by Crippen LogP contribution is 2.32. The van der Waals surface area contributed by atoms with E-state index in [2.05, 4.69) is 5.32 Å². The Morgan fingerprint density at radius 3 is 2.41 bits per heavy atom. The molecule has 9 heteroatoms. The average molecular weight is 315 g/mol. The molecule has 1 aliphatic rings. The number of hydrogen-bond donors (Lipinski definition) is 2. The number of amides is 4. The SMILES string of the molecule is O=C(CN1C(=O)CNC1=O)NC(c1ccccc1)C(F)(F)F. The van der Waals surface area contributed by atoms with Crippen molar-refractivity contribution >= 4 is 17.8 Å². The van der Waals surface area contributed by atoms with Crippen LogP contribution in [0.3, 0.4) is 0 Å². The Morgan fingerprint density at radius 2 is 1.91 bits per heavy atom. The predicted octanol–water partition coefficient (Wildman–Crippen LogP) is 0.958. The Kier molecular flexibility index (Phi) is 4.34. The van der Waals surface area contributed by atoms with Crippen molar-refractivity contribution in [2.45, 2.75) is 12.2 Å². The van der Waals surface area contributed by atoms with Gasteiger partial charge in [-0.25, -0.2) is 4.79 Å². The Bertz CT molecular complexity index is 573. The molecule has 1 saturated heterocycles. The Morgan fingerprint density at radius 1 is 1.27 bits per heavy atom. The molecule has 0 aromatic heterocycles. The van der Waals surface area contributed by atoms with Crippen LogP contribution in [0, 0.1) is 0 Å². The van der Waals surface area contributed by atoms with Crippen LogP contribution in [0.25, 0.3) is 0 Å². The van der Waals surface area contributed by atoms with Crippen molar-refractivity contribution in [3.05, 3.63) is 35.9 Å². The monoisotopic (exact) mass is 315 g/mol. The van der Waals surface area contributed by atoms with Crippen LogP contribution in [0.2, 0.25) is 0 Å². The summed E-state index contributed by atoms with van der Waals surface area (Å²) in [6, 6.07) is 3.82. The first-order chi connectivity index (χ1) is 10.3. The molecule has 2 rings (SSSR count). The predicted molar refractivity (Wildman–Crippen MR) is 68.5 cm³/mol. The first kappa shape index (κ1) is 15.8. The second-order valence-corrected chi connectivity index (χ2v) is 4.59. The van der Waals surface area contributed by atoms with E-state index in [0.717, 1.165) is 0 Å². The number of rotatable bonds is 4. The quantitative estimate of drug-likeness (QED) is 0.812. The number of imide groups is 1. The van der Waals surface area contributed by atoms with E-state index in [0.29, 0.717) is 4.90 Å². The lowest BCUT2D eigenvalue weighted by atomic mass is 10.1. The highest BCUT2D eigenvalue weighted by Gasteiger charge is 2.42. The third kappa shape index (κ3) is 3.54. The molecule has 1 unspecified atom stereocenters. The van der Waals surface area contributed by atoms with E-state index in [4.69, 9.17) is 0 Å². The van der Waals surface area contributed by atoms with Gasteiger partial charge in [0.25, 0.3) is 5.91 Å². The summed E-state index contributed by atoms with van der Waals surface area (Å²) in [6.45, 7) is -1.03. The Balaban J connectivity index is 2.09. The molecule has 0 bridgehead atoms. The van der Waals surface area contributed by atoms with E-state index in [1.54, 1.807) is 11.4 Å². The van der Waals surface area contributed by atoms with Crippen molar-refractivity contribution < 1.29 is 27.6 Å². The van der Waals surface area contributed by atoms with Gasteiger partial charge in [-0.1, -0.05) is 30.3 Å². The van der Waals surface area contributed by atoms with Gasteiger partial charge in [0.15, 0.2) is 6.04 Å². The maximum absolute atomic E-state index is 13.1. The fraction of sp³-hybridized carbons (Fsp3) is 0.308. The summed E-state index contributed by atoms with van der Waals surface area (Å²) in [4.78, 5) is 34.9. The smallest absolute Gasteiger partial charge is 0.339 e. The van der Waals surface area contributed by atoms with Crippen LogP contribution in [0.1, 0.15) is 11.6 Å². The molecule has 6 nitrogen and oxygen atoms in total. The van der Waals surface area contributed by atoms with Gasteiger partial charge < -0.3 is 10.6 Å². The number of urea groups is 1. The van der Waals surface area contributed by atoms with Crippen molar-refractivity contribution in [1.82, 2.24) is 15.5 Å². The molecule has 118 valence electrons. The molecule has 1 heterocycles. The summed E-state index contributed by atoms with van der Waals surface area (Å²) < 4.78 is 39.2. The molecule has 1 aromatic rings. The highest BCUT2D eigenvalue weighted by atomic mass is 19.4. The van der Waals surface area contributed by atoms with E-state index in [1.165, 1.54) is 24.3 Å². The zero-order chi connectivity index (χ0) is 16.3. The van der Waals surface area contributed by atoms with Gasteiger partial charge >= 0.3 is 12.2 Å². The molecule has 1 fully saturated rings. The maximum Gasteiger partial charge on any atom is 0.412 e. The van der Waals surface area contributed by atoms with Crippen LogP contribution in [0.5, 0.6) is 0 Å². The van der Waals surface area contributed by atoms with Crippen LogP contribution in [-0.2, 0) is 9.59 Å². The lowest BCUT2D eigenvalue weighted by molar-refractivity contribution is -0.163. The second-order valence-electron chi connectivity index (χ2n) is 4.59. The first-order valence-electron chi connectivity index (χ1n) is 6.28. The zero-order valence-electron chi connectivity index (χ0n) is 11.2. The van der Waals surface area contributed by atoms with Crippen molar-refractivity contribution in [2.24, 2.45) is 0 Å². The standard InChI is InChI=1S/C13H12F3N3O3/c14-13(15,16)11(8-4-2-1-3-5-8)18-9(20)7-19-10(21)6-17-12(19)22/h1-5,11H,6-7H2,(H,17,22)(H,18,20). The van der Waals surface area contributed by atoms with Crippen LogP contribution in [0.15, 0.2) is 30.3 Å². The largest absolute Gasteiger partial charge is 0.412 e. The minimum absolute atomic E-state index is 0.138. The van der Waals surface area contributed by atoms with E-state index >= 15 is 0 Å². The second kappa shape index (κ2) is 6.04. The highest BCUT2D eigenvalue weighted by molar-refractivity contribution is 6.04. The van der Waals surface area contributed by atoms with Crippen molar-refractivity contribution in [3.8, 4) is 0 Å². The van der Waals surface area contributed by atoms with E-state index in [-0.39, 0.29) is 12.1 Å². The minimum atomic E-state index is -4.70. The minimum Gasteiger partial charge on any atom is -0.339 e. The molecular formula is C13H12F3N3O3. The van der Waals surface area contributed by atoms with E-state index in [1.807, 2.05) is 0 Å². The normalized spacial score (nSPS) is 16.4. The van der Waals surface area contributed by atoms with Crippen molar-refractivity contribution in [3.63, 3.8) is 0 Å². The number of halogens is 3. The number of benzene rings is 1. The van der Waals surface area contributed by atoms with Crippen molar-refractivity contribution in [1.29, 1.82) is 0 Å². The van der Waals surface area contributed by atoms with E-state index in [9.17, 15) is 27.6 Å². The summed E-state index contributed by atoms with van der Waals surface area (Å²) in [5.41, 5.74) is -0.138. The van der Waals surface area contributed by atoms with Gasteiger partial charge in [-0.05, 0) is 5.56 Å². The maximum atomic E-state index is 13.1. The molecule has 4 amide bonds. The third-order valence-electron chi connectivity index (χ3n) is 3.00.